The van der Waals surface area contributed by atoms with Crippen LogP contribution in [0.15, 0.2) is 0 Å². The van der Waals surface area contributed by atoms with E-state index in [0.717, 1.165) is 0 Å². The van der Waals surface area contributed by atoms with Crippen molar-refractivity contribution in [1.82, 2.24) is 10.9 Å². The van der Waals surface area contributed by atoms with Crippen molar-refractivity contribution in [3.05, 3.63) is 0 Å². The lowest BCUT2D eigenvalue weighted by Gasteiger charge is -2.19. The fourth-order valence-corrected chi connectivity index (χ4v) is 0.501. The smallest absolute Gasteiger partial charge is 0.431 e. The predicted molar refractivity (Wildman–Crippen MR) is 47.7 cm³/mol. The lowest BCUT2D eigenvalue weighted by Crippen LogP contribution is -2.38. The maximum Gasteiger partial charge on any atom is 0.431 e. The van der Waals surface area contributed by atoms with Crippen LogP contribution in [0, 0.1) is 0 Å². The van der Waals surface area contributed by atoms with Crippen molar-refractivity contribution in [1.29, 1.82) is 0 Å². The zero-order valence-electron chi connectivity index (χ0n) is 8.42. The summed E-state index contributed by atoms with van der Waals surface area (Å²) < 4.78 is 4.82. The number of hydroxylamine groups is 1. The maximum atomic E-state index is 10.9. The number of carbonyl (C=O) groups is 2. The highest BCUT2D eigenvalue weighted by atomic mass is 16.7. The van der Waals surface area contributed by atoms with Gasteiger partial charge in [0.2, 0.25) is 0 Å². The van der Waals surface area contributed by atoms with Crippen molar-refractivity contribution in [2.24, 2.45) is 5.84 Å². The van der Waals surface area contributed by atoms with Crippen molar-refractivity contribution in [2.45, 2.75) is 26.4 Å². The van der Waals surface area contributed by atoms with Gasteiger partial charge in [0.1, 0.15) is 5.60 Å². The van der Waals surface area contributed by atoms with Gasteiger partial charge in [0.25, 0.3) is 5.91 Å². The highest BCUT2D eigenvalue weighted by molar-refractivity contribution is 5.76. The minimum Gasteiger partial charge on any atom is -0.442 e. The average molecular weight is 205 g/mol. The number of ether oxygens (including phenoxy) is 1. The third kappa shape index (κ3) is 7.32. The van der Waals surface area contributed by atoms with E-state index in [1.807, 2.05) is 10.9 Å². The highest BCUT2D eigenvalue weighted by Gasteiger charge is 2.16. The molecule has 0 fully saturated rings. The molecule has 0 spiro atoms. The van der Waals surface area contributed by atoms with Crippen molar-refractivity contribution in [3.63, 3.8) is 0 Å². The van der Waals surface area contributed by atoms with Crippen molar-refractivity contribution >= 4 is 12.0 Å². The van der Waals surface area contributed by atoms with E-state index >= 15 is 0 Å². The van der Waals surface area contributed by atoms with Crippen LogP contribution >= 0.6 is 0 Å². The molecule has 4 N–H and O–H groups in total. The third-order valence-corrected chi connectivity index (χ3v) is 0.919. The molecule has 0 aliphatic rings. The van der Waals surface area contributed by atoms with E-state index in [1.165, 1.54) is 0 Å². The first-order chi connectivity index (χ1) is 6.35. The van der Waals surface area contributed by atoms with Crippen LogP contribution in [0.25, 0.3) is 0 Å². The summed E-state index contributed by atoms with van der Waals surface area (Å²) in [6.45, 7) is 4.76. The number of hydrogen-bond donors (Lipinski definition) is 3. The Morgan fingerprint density at radius 3 is 2.36 bits per heavy atom. The Morgan fingerprint density at radius 1 is 1.36 bits per heavy atom. The van der Waals surface area contributed by atoms with Gasteiger partial charge in [0, 0.05) is 0 Å². The monoisotopic (exact) mass is 205 g/mol. The van der Waals surface area contributed by atoms with Gasteiger partial charge in [0.15, 0.2) is 6.61 Å². The van der Waals surface area contributed by atoms with Crippen LogP contribution in [0.1, 0.15) is 20.8 Å². The normalized spacial score (nSPS) is 10.6. The molecule has 0 radical (unpaired) electrons. The van der Waals surface area contributed by atoms with Crippen LogP contribution in [0.5, 0.6) is 0 Å². The van der Waals surface area contributed by atoms with Gasteiger partial charge in [-0.1, -0.05) is 0 Å². The van der Waals surface area contributed by atoms with Gasteiger partial charge in [-0.05, 0) is 20.8 Å². The van der Waals surface area contributed by atoms with E-state index in [2.05, 4.69) is 4.84 Å². The van der Waals surface area contributed by atoms with Crippen LogP contribution in [-0.2, 0) is 14.4 Å². The van der Waals surface area contributed by atoms with Crippen LogP contribution < -0.4 is 16.7 Å². The lowest BCUT2D eigenvalue weighted by atomic mass is 10.2. The largest absolute Gasteiger partial charge is 0.442 e. The quantitative estimate of drug-likeness (QED) is 0.325. The van der Waals surface area contributed by atoms with E-state index < -0.39 is 17.6 Å². The van der Waals surface area contributed by atoms with Gasteiger partial charge in [-0.3, -0.25) is 15.1 Å². The molecule has 2 amide bonds. The molecular formula is C7H15N3O4. The van der Waals surface area contributed by atoms with Gasteiger partial charge in [-0.2, -0.15) is 5.48 Å². The second-order valence-electron chi connectivity index (χ2n) is 3.46. The van der Waals surface area contributed by atoms with Crippen LogP contribution in [0.3, 0.4) is 0 Å². The first-order valence-electron chi connectivity index (χ1n) is 3.95. The summed E-state index contributed by atoms with van der Waals surface area (Å²) in [5, 5.41) is 0. The van der Waals surface area contributed by atoms with Crippen LogP contribution in [0.2, 0.25) is 0 Å². The summed E-state index contributed by atoms with van der Waals surface area (Å²) in [6.07, 6.45) is -0.762. The Hall–Kier alpha value is -1.34. The standard InChI is InChI=1S/C7H15N3O4/c1-7(2,3)14-6(12)10-13-4-5(11)9-8/h4,8H2,1-3H3,(H,9,11)(H,10,12). The second-order valence-corrected chi connectivity index (χ2v) is 3.46. The summed E-state index contributed by atoms with van der Waals surface area (Å²) in [5.74, 6) is 4.21. The minimum absolute atomic E-state index is 0.365. The van der Waals surface area contributed by atoms with Crippen molar-refractivity contribution in [3.8, 4) is 0 Å². The molecule has 0 atom stereocenters. The molecule has 0 aliphatic heterocycles. The number of nitrogens with one attached hydrogen (secondary N) is 2. The van der Waals surface area contributed by atoms with E-state index in [9.17, 15) is 9.59 Å². The van der Waals surface area contributed by atoms with Gasteiger partial charge in [-0.15, -0.1) is 0 Å². The Bertz CT molecular complexity index is 211. The van der Waals surface area contributed by atoms with Gasteiger partial charge >= 0.3 is 6.09 Å². The number of amides is 2. The third-order valence-electron chi connectivity index (χ3n) is 0.919. The fourth-order valence-electron chi connectivity index (χ4n) is 0.501. The van der Waals surface area contributed by atoms with Crippen molar-refractivity contribution in [2.75, 3.05) is 6.61 Å². The van der Waals surface area contributed by atoms with E-state index in [1.54, 1.807) is 20.8 Å². The number of hydrazine groups is 1. The number of carbonyl (C=O) groups excluding carboxylic acids is 2. The van der Waals surface area contributed by atoms with Gasteiger partial charge in [0.05, 0.1) is 0 Å². The second kappa shape index (κ2) is 5.40. The van der Waals surface area contributed by atoms with Crippen LogP contribution in [0.4, 0.5) is 4.79 Å². The Morgan fingerprint density at radius 2 is 1.93 bits per heavy atom. The Kier molecular flexibility index (Phi) is 4.89. The molecule has 0 unspecified atom stereocenters. The van der Waals surface area contributed by atoms with Crippen LogP contribution in [-0.4, -0.2) is 24.2 Å². The summed E-state index contributed by atoms with van der Waals surface area (Å²) in [5.41, 5.74) is 3.15. The van der Waals surface area contributed by atoms with Gasteiger partial charge < -0.3 is 4.74 Å². The number of rotatable bonds is 3. The first-order valence-corrected chi connectivity index (χ1v) is 3.95. The topological polar surface area (TPSA) is 103 Å². The molecule has 0 bridgehead atoms. The number of hydrogen-bond acceptors (Lipinski definition) is 5. The molecule has 0 aromatic heterocycles. The number of nitrogens with two attached hydrogens (primary N) is 1. The molecule has 0 aromatic rings. The first kappa shape index (κ1) is 12.7. The molecule has 7 heteroatoms. The molecule has 0 aliphatic carbocycles. The fraction of sp³-hybridized carbons (Fsp3) is 0.714. The molecule has 0 saturated heterocycles. The molecule has 0 aromatic carbocycles. The molecule has 0 heterocycles. The molecular weight excluding hydrogens is 190 g/mol. The lowest BCUT2D eigenvalue weighted by molar-refractivity contribution is -0.128. The van der Waals surface area contributed by atoms with Gasteiger partial charge in [-0.25, -0.2) is 10.6 Å². The molecule has 14 heavy (non-hydrogen) atoms. The molecule has 7 nitrogen and oxygen atoms in total. The summed E-state index contributed by atoms with van der Waals surface area (Å²) in [7, 11) is 0. The average Bonchev–Trinajstić information content (AvgIpc) is 2.00. The zero-order valence-corrected chi connectivity index (χ0v) is 8.42. The molecule has 0 saturated carbocycles. The predicted octanol–water partition coefficient (Wildman–Crippen LogP) is -0.567. The Balaban J connectivity index is 3.60. The van der Waals surface area contributed by atoms with E-state index in [4.69, 9.17) is 10.6 Å². The Labute approximate surface area is 81.8 Å². The summed E-state index contributed by atoms with van der Waals surface area (Å²) >= 11 is 0. The highest BCUT2D eigenvalue weighted by Crippen LogP contribution is 2.05. The molecule has 82 valence electrons. The summed E-state index contributed by atoms with van der Waals surface area (Å²) in [4.78, 5) is 25.9. The SMILES string of the molecule is CC(C)(C)OC(=O)NOCC(=O)NN. The minimum atomic E-state index is -0.762. The van der Waals surface area contributed by atoms with E-state index in [0.29, 0.717) is 0 Å². The molecule has 0 rings (SSSR count). The van der Waals surface area contributed by atoms with E-state index in [-0.39, 0.29) is 6.61 Å². The maximum absolute atomic E-state index is 10.9. The summed E-state index contributed by atoms with van der Waals surface area (Å²) in [6, 6.07) is 0. The van der Waals surface area contributed by atoms with Crippen molar-refractivity contribution < 1.29 is 19.2 Å². The zero-order chi connectivity index (χ0) is 11.2.